The zero-order chi connectivity index (χ0) is 15.1. The van der Waals surface area contributed by atoms with Gasteiger partial charge in [-0.25, -0.2) is 0 Å². The van der Waals surface area contributed by atoms with Gasteiger partial charge in [0.15, 0.2) is 0 Å². The van der Waals surface area contributed by atoms with Crippen molar-refractivity contribution in [1.29, 1.82) is 0 Å². The van der Waals surface area contributed by atoms with Gasteiger partial charge in [-0.05, 0) is 49.8 Å². The van der Waals surface area contributed by atoms with Crippen LogP contribution in [0.2, 0.25) is 0 Å². The van der Waals surface area contributed by atoms with E-state index in [-0.39, 0.29) is 0 Å². The lowest BCUT2D eigenvalue weighted by Gasteiger charge is -2.23. The molecule has 118 valence electrons. The highest BCUT2D eigenvalue weighted by molar-refractivity contribution is 5.35. The number of benzene rings is 1. The largest absolute Gasteiger partial charge is 0.491 e. The third-order valence-electron chi connectivity index (χ3n) is 3.84. The zero-order valence-electron chi connectivity index (χ0n) is 13.1. The molecule has 4 heteroatoms. The van der Waals surface area contributed by atoms with Crippen LogP contribution in [0, 0.1) is 19.8 Å². The summed E-state index contributed by atoms with van der Waals surface area (Å²) in [5, 5.41) is 13.3. The van der Waals surface area contributed by atoms with Gasteiger partial charge in [0.25, 0.3) is 0 Å². The van der Waals surface area contributed by atoms with Gasteiger partial charge >= 0.3 is 0 Å². The molecule has 0 aromatic heterocycles. The summed E-state index contributed by atoms with van der Waals surface area (Å²) in [6, 6.07) is 6.11. The SMILES string of the molecule is Cc1ccc(C)c(OCC(O)CNCC2CCCOC2)c1. The molecular formula is C17H27NO3. The highest BCUT2D eigenvalue weighted by Gasteiger charge is 2.14. The van der Waals surface area contributed by atoms with E-state index in [0.717, 1.165) is 37.5 Å². The van der Waals surface area contributed by atoms with Gasteiger partial charge in [-0.15, -0.1) is 0 Å². The Hall–Kier alpha value is -1.10. The van der Waals surface area contributed by atoms with E-state index in [9.17, 15) is 5.11 Å². The third kappa shape index (κ3) is 5.65. The van der Waals surface area contributed by atoms with Gasteiger partial charge in [-0.1, -0.05) is 12.1 Å². The predicted molar refractivity (Wildman–Crippen MR) is 83.8 cm³/mol. The van der Waals surface area contributed by atoms with E-state index < -0.39 is 6.10 Å². The molecule has 1 aliphatic rings. The summed E-state index contributed by atoms with van der Waals surface area (Å²) >= 11 is 0. The maximum Gasteiger partial charge on any atom is 0.122 e. The molecule has 2 atom stereocenters. The Morgan fingerprint density at radius 3 is 3.05 bits per heavy atom. The lowest BCUT2D eigenvalue weighted by Crippen LogP contribution is -2.36. The van der Waals surface area contributed by atoms with Gasteiger partial charge in [-0.2, -0.15) is 0 Å². The van der Waals surface area contributed by atoms with Gasteiger partial charge in [0.1, 0.15) is 18.5 Å². The number of aliphatic hydroxyl groups excluding tert-OH is 1. The van der Waals surface area contributed by atoms with Crippen LogP contribution in [0.1, 0.15) is 24.0 Å². The van der Waals surface area contributed by atoms with Crippen molar-refractivity contribution in [2.45, 2.75) is 32.8 Å². The molecule has 0 radical (unpaired) electrons. The van der Waals surface area contributed by atoms with E-state index in [4.69, 9.17) is 9.47 Å². The normalized spacial score (nSPS) is 20.2. The number of aliphatic hydroxyl groups is 1. The first kappa shape index (κ1) is 16.3. The smallest absolute Gasteiger partial charge is 0.122 e. The van der Waals surface area contributed by atoms with Crippen LogP contribution in [0.25, 0.3) is 0 Å². The second-order valence-corrected chi connectivity index (χ2v) is 5.98. The van der Waals surface area contributed by atoms with Crippen molar-refractivity contribution in [1.82, 2.24) is 5.32 Å². The molecule has 2 N–H and O–H groups in total. The van der Waals surface area contributed by atoms with Crippen LogP contribution in [0.15, 0.2) is 18.2 Å². The standard InChI is InChI=1S/C17H27NO3/c1-13-5-6-14(2)17(8-13)21-12-16(19)10-18-9-15-4-3-7-20-11-15/h5-6,8,15-16,18-19H,3-4,7,9-12H2,1-2H3. The van der Waals surface area contributed by atoms with Crippen molar-refractivity contribution in [2.75, 3.05) is 32.9 Å². The van der Waals surface area contributed by atoms with E-state index >= 15 is 0 Å². The molecule has 2 rings (SSSR count). The molecular weight excluding hydrogens is 266 g/mol. The molecule has 0 saturated carbocycles. The van der Waals surface area contributed by atoms with Crippen molar-refractivity contribution in [2.24, 2.45) is 5.92 Å². The lowest BCUT2D eigenvalue weighted by atomic mass is 10.0. The number of aryl methyl sites for hydroxylation is 2. The fourth-order valence-electron chi connectivity index (χ4n) is 2.53. The number of rotatable bonds is 7. The molecule has 4 nitrogen and oxygen atoms in total. The Balaban J connectivity index is 1.65. The molecule has 0 amide bonds. The minimum absolute atomic E-state index is 0.318. The molecule has 1 aromatic rings. The summed E-state index contributed by atoms with van der Waals surface area (Å²) in [5.74, 6) is 1.43. The summed E-state index contributed by atoms with van der Waals surface area (Å²) in [6.07, 6.45) is 1.86. The average Bonchev–Trinajstić information content (AvgIpc) is 2.49. The van der Waals surface area contributed by atoms with Crippen LogP contribution < -0.4 is 10.1 Å². The van der Waals surface area contributed by atoms with Crippen LogP contribution in [0.4, 0.5) is 0 Å². The van der Waals surface area contributed by atoms with Crippen LogP contribution in [0.5, 0.6) is 5.75 Å². The quantitative estimate of drug-likeness (QED) is 0.808. The third-order valence-corrected chi connectivity index (χ3v) is 3.84. The fourth-order valence-corrected chi connectivity index (χ4v) is 2.53. The molecule has 1 aliphatic heterocycles. The molecule has 21 heavy (non-hydrogen) atoms. The molecule has 1 aromatic carbocycles. The van der Waals surface area contributed by atoms with E-state index in [0.29, 0.717) is 19.1 Å². The zero-order valence-corrected chi connectivity index (χ0v) is 13.1. The van der Waals surface area contributed by atoms with Crippen molar-refractivity contribution in [3.05, 3.63) is 29.3 Å². The number of hydrogen-bond donors (Lipinski definition) is 2. The van der Waals surface area contributed by atoms with Gasteiger partial charge in [-0.3, -0.25) is 0 Å². The summed E-state index contributed by atoms with van der Waals surface area (Å²) in [4.78, 5) is 0. The van der Waals surface area contributed by atoms with E-state index in [2.05, 4.69) is 11.4 Å². The Kier molecular flexibility index (Phi) is 6.49. The second-order valence-electron chi connectivity index (χ2n) is 5.98. The van der Waals surface area contributed by atoms with Crippen LogP contribution >= 0.6 is 0 Å². The first-order valence-corrected chi connectivity index (χ1v) is 7.81. The molecule has 1 heterocycles. The Morgan fingerprint density at radius 1 is 1.43 bits per heavy atom. The Bertz CT molecular complexity index is 430. The summed E-state index contributed by atoms with van der Waals surface area (Å²) in [7, 11) is 0. The molecule has 1 saturated heterocycles. The highest BCUT2D eigenvalue weighted by Crippen LogP contribution is 2.19. The van der Waals surface area contributed by atoms with Gasteiger partial charge < -0.3 is 19.9 Å². The fraction of sp³-hybridized carbons (Fsp3) is 0.647. The number of nitrogens with one attached hydrogen (secondary N) is 1. The highest BCUT2D eigenvalue weighted by atomic mass is 16.5. The Morgan fingerprint density at radius 2 is 2.29 bits per heavy atom. The average molecular weight is 293 g/mol. The minimum Gasteiger partial charge on any atom is -0.491 e. The van der Waals surface area contributed by atoms with Crippen LogP contribution in [-0.4, -0.2) is 44.1 Å². The van der Waals surface area contributed by atoms with Gasteiger partial charge in [0, 0.05) is 19.7 Å². The van der Waals surface area contributed by atoms with E-state index in [1.54, 1.807) is 0 Å². The second kappa shape index (κ2) is 8.37. The van der Waals surface area contributed by atoms with Crippen molar-refractivity contribution >= 4 is 0 Å². The van der Waals surface area contributed by atoms with Gasteiger partial charge in [0.05, 0.1) is 6.61 Å². The maximum absolute atomic E-state index is 9.98. The topological polar surface area (TPSA) is 50.7 Å². The Labute approximate surface area is 127 Å². The van der Waals surface area contributed by atoms with Gasteiger partial charge in [0.2, 0.25) is 0 Å². The van der Waals surface area contributed by atoms with Crippen molar-refractivity contribution < 1.29 is 14.6 Å². The summed E-state index contributed by atoms with van der Waals surface area (Å²) in [6.45, 7) is 7.56. The monoisotopic (exact) mass is 293 g/mol. The van der Waals surface area contributed by atoms with Crippen LogP contribution in [0.3, 0.4) is 0 Å². The number of hydrogen-bond acceptors (Lipinski definition) is 4. The predicted octanol–water partition coefficient (Wildman–Crippen LogP) is 2.06. The summed E-state index contributed by atoms with van der Waals surface area (Å²) < 4.78 is 11.1. The van der Waals surface area contributed by atoms with Crippen molar-refractivity contribution in [3.63, 3.8) is 0 Å². The molecule has 0 bridgehead atoms. The molecule has 1 fully saturated rings. The van der Waals surface area contributed by atoms with E-state index in [1.165, 1.54) is 12.0 Å². The maximum atomic E-state index is 9.98. The molecule has 0 aliphatic carbocycles. The summed E-state index contributed by atoms with van der Waals surface area (Å²) in [5.41, 5.74) is 2.26. The number of ether oxygens (including phenoxy) is 2. The first-order chi connectivity index (χ1) is 10.1. The first-order valence-electron chi connectivity index (χ1n) is 7.81. The molecule has 0 spiro atoms. The lowest BCUT2D eigenvalue weighted by molar-refractivity contribution is 0.0515. The van der Waals surface area contributed by atoms with Crippen LogP contribution in [-0.2, 0) is 4.74 Å². The van der Waals surface area contributed by atoms with Crippen molar-refractivity contribution in [3.8, 4) is 5.75 Å². The molecule has 2 unspecified atom stereocenters. The van der Waals surface area contributed by atoms with E-state index in [1.807, 2.05) is 26.0 Å². The minimum atomic E-state index is -0.491.